The van der Waals surface area contributed by atoms with Crippen LogP contribution >= 0.6 is 0 Å². The fraction of sp³-hybridized carbons (Fsp3) is 0.462. The Balaban J connectivity index is 2.40. The van der Waals surface area contributed by atoms with E-state index in [0.29, 0.717) is 6.42 Å². The standard InChI is InChI=1S/C13H18N2/c1-13(2,9-6-10-14)11-15-12-7-4-3-5-8-12/h3-5,7-8,15H,6,9,11H2,1-2H3. The molecule has 0 unspecified atom stereocenters. The fourth-order valence-electron chi connectivity index (χ4n) is 1.38. The van der Waals surface area contributed by atoms with Crippen LogP contribution in [0.2, 0.25) is 0 Å². The lowest BCUT2D eigenvalue weighted by atomic mass is 9.88. The number of rotatable bonds is 5. The molecule has 1 aromatic carbocycles. The number of nitrogens with zero attached hydrogens (tertiary/aromatic N) is 1. The number of hydrogen-bond acceptors (Lipinski definition) is 2. The quantitative estimate of drug-likeness (QED) is 0.794. The largest absolute Gasteiger partial charge is 0.385 e. The number of nitriles is 1. The van der Waals surface area contributed by atoms with Crippen LogP contribution < -0.4 is 5.32 Å². The predicted octanol–water partition coefficient (Wildman–Crippen LogP) is 3.43. The minimum absolute atomic E-state index is 0.172. The molecule has 0 radical (unpaired) electrons. The van der Waals surface area contributed by atoms with Crippen molar-refractivity contribution in [3.63, 3.8) is 0 Å². The number of anilines is 1. The zero-order chi connectivity index (χ0) is 11.1. The molecule has 80 valence electrons. The first-order valence-corrected chi connectivity index (χ1v) is 5.30. The van der Waals surface area contributed by atoms with Gasteiger partial charge in [0.25, 0.3) is 0 Å². The Labute approximate surface area is 91.9 Å². The van der Waals surface area contributed by atoms with E-state index in [1.165, 1.54) is 0 Å². The molecule has 2 heteroatoms. The maximum atomic E-state index is 8.54. The van der Waals surface area contributed by atoms with Gasteiger partial charge in [0.1, 0.15) is 0 Å². The van der Waals surface area contributed by atoms with Crippen LogP contribution in [0.5, 0.6) is 0 Å². The molecule has 1 N–H and O–H groups in total. The minimum Gasteiger partial charge on any atom is -0.385 e. The third-order valence-electron chi connectivity index (χ3n) is 2.46. The van der Waals surface area contributed by atoms with E-state index < -0.39 is 0 Å². The Morgan fingerprint density at radius 2 is 1.93 bits per heavy atom. The van der Waals surface area contributed by atoms with Gasteiger partial charge in [-0.25, -0.2) is 0 Å². The molecule has 0 atom stereocenters. The van der Waals surface area contributed by atoms with Gasteiger partial charge in [-0.15, -0.1) is 0 Å². The zero-order valence-electron chi connectivity index (χ0n) is 9.46. The molecule has 0 aliphatic rings. The van der Waals surface area contributed by atoms with Crippen LogP contribution in [0.3, 0.4) is 0 Å². The zero-order valence-corrected chi connectivity index (χ0v) is 9.46. The second-order valence-corrected chi connectivity index (χ2v) is 4.54. The van der Waals surface area contributed by atoms with Crippen molar-refractivity contribution in [3.8, 4) is 6.07 Å². The average molecular weight is 202 g/mol. The molecule has 0 aromatic heterocycles. The topological polar surface area (TPSA) is 35.8 Å². The first-order chi connectivity index (χ1) is 7.14. The van der Waals surface area contributed by atoms with Gasteiger partial charge in [-0.2, -0.15) is 5.26 Å². The summed E-state index contributed by atoms with van der Waals surface area (Å²) in [7, 11) is 0. The molecule has 0 heterocycles. The lowest BCUT2D eigenvalue weighted by molar-refractivity contribution is 0.364. The number of hydrogen-bond donors (Lipinski definition) is 1. The van der Waals surface area contributed by atoms with E-state index in [2.05, 4.69) is 37.4 Å². The Kier molecular flexibility index (Phi) is 4.17. The highest BCUT2D eigenvalue weighted by Gasteiger charge is 2.16. The van der Waals surface area contributed by atoms with Crippen LogP contribution in [0.25, 0.3) is 0 Å². The summed E-state index contributed by atoms with van der Waals surface area (Å²) in [5.41, 5.74) is 1.31. The van der Waals surface area contributed by atoms with E-state index in [1.807, 2.05) is 18.2 Å². The highest BCUT2D eigenvalue weighted by atomic mass is 14.9. The van der Waals surface area contributed by atoms with E-state index >= 15 is 0 Å². The summed E-state index contributed by atoms with van der Waals surface area (Å²) in [4.78, 5) is 0. The Hall–Kier alpha value is -1.49. The van der Waals surface area contributed by atoms with E-state index in [1.54, 1.807) is 0 Å². The summed E-state index contributed by atoms with van der Waals surface area (Å²) < 4.78 is 0. The minimum atomic E-state index is 0.172. The van der Waals surface area contributed by atoms with Gasteiger partial charge in [-0.1, -0.05) is 32.0 Å². The lowest BCUT2D eigenvalue weighted by Crippen LogP contribution is -2.22. The third-order valence-corrected chi connectivity index (χ3v) is 2.46. The summed E-state index contributed by atoms with van der Waals surface area (Å²) in [5, 5.41) is 11.9. The Bertz CT molecular complexity index is 322. The first-order valence-electron chi connectivity index (χ1n) is 5.30. The van der Waals surface area contributed by atoms with Gasteiger partial charge in [-0.3, -0.25) is 0 Å². The number of para-hydroxylation sites is 1. The summed E-state index contributed by atoms with van der Waals surface area (Å²) in [5.74, 6) is 0. The average Bonchev–Trinajstić information content (AvgIpc) is 2.25. The third kappa shape index (κ3) is 4.51. The van der Waals surface area contributed by atoms with Gasteiger partial charge in [0.15, 0.2) is 0 Å². The van der Waals surface area contributed by atoms with E-state index in [4.69, 9.17) is 5.26 Å². The monoisotopic (exact) mass is 202 g/mol. The first kappa shape index (κ1) is 11.6. The second kappa shape index (κ2) is 5.41. The van der Waals surface area contributed by atoms with Crippen LogP contribution in [-0.2, 0) is 0 Å². The van der Waals surface area contributed by atoms with Crippen LogP contribution in [0.4, 0.5) is 5.69 Å². The molecule has 0 aliphatic heterocycles. The van der Waals surface area contributed by atoms with E-state index in [9.17, 15) is 0 Å². The van der Waals surface area contributed by atoms with Crippen LogP contribution in [-0.4, -0.2) is 6.54 Å². The van der Waals surface area contributed by atoms with Gasteiger partial charge >= 0.3 is 0 Å². The summed E-state index contributed by atoms with van der Waals surface area (Å²) in [6.45, 7) is 5.26. The summed E-state index contributed by atoms with van der Waals surface area (Å²) >= 11 is 0. The molecule has 0 saturated carbocycles. The smallest absolute Gasteiger partial charge is 0.0621 e. The molecule has 2 nitrogen and oxygen atoms in total. The highest BCUT2D eigenvalue weighted by molar-refractivity contribution is 5.42. The van der Waals surface area contributed by atoms with Gasteiger partial charge in [-0.05, 0) is 24.0 Å². The molecule has 1 rings (SSSR count). The molecule has 0 saturated heterocycles. The van der Waals surface area contributed by atoms with Gasteiger partial charge in [0.05, 0.1) is 6.07 Å². The van der Waals surface area contributed by atoms with E-state index in [-0.39, 0.29) is 5.41 Å². The van der Waals surface area contributed by atoms with Crippen molar-refractivity contribution in [2.24, 2.45) is 5.41 Å². The van der Waals surface area contributed by atoms with Gasteiger partial charge in [0, 0.05) is 18.7 Å². The Morgan fingerprint density at radius 3 is 2.53 bits per heavy atom. The molecule has 15 heavy (non-hydrogen) atoms. The van der Waals surface area contributed by atoms with Gasteiger partial charge in [0.2, 0.25) is 0 Å². The number of benzene rings is 1. The molecule has 0 fully saturated rings. The molecule has 1 aromatic rings. The summed E-state index contributed by atoms with van der Waals surface area (Å²) in [6.07, 6.45) is 1.56. The maximum absolute atomic E-state index is 8.54. The van der Waals surface area contributed by atoms with Crippen molar-refractivity contribution in [2.45, 2.75) is 26.7 Å². The SMILES string of the molecule is CC(C)(CCC#N)CNc1ccccc1. The van der Waals surface area contributed by atoms with Crippen molar-refractivity contribution in [3.05, 3.63) is 30.3 Å². The summed E-state index contributed by atoms with van der Waals surface area (Å²) in [6, 6.07) is 12.3. The van der Waals surface area contributed by atoms with Crippen molar-refractivity contribution >= 4 is 5.69 Å². The van der Waals surface area contributed by atoms with Gasteiger partial charge < -0.3 is 5.32 Å². The molecular formula is C13H18N2. The second-order valence-electron chi connectivity index (χ2n) is 4.54. The maximum Gasteiger partial charge on any atom is 0.0621 e. The van der Waals surface area contributed by atoms with E-state index in [0.717, 1.165) is 18.7 Å². The number of nitrogens with one attached hydrogen (secondary N) is 1. The van der Waals surface area contributed by atoms with Crippen molar-refractivity contribution in [2.75, 3.05) is 11.9 Å². The molecule has 0 spiro atoms. The van der Waals surface area contributed by atoms with Crippen LogP contribution in [0.15, 0.2) is 30.3 Å². The van der Waals surface area contributed by atoms with Crippen LogP contribution in [0.1, 0.15) is 26.7 Å². The molecular weight excluding hydrogens is 184 g/mol. The van der Waals surface area contributed by atoms with Crippen LogP contribution in [0, 0.1) is 16.7 Å². The van der Waals surface area contributed by atoms with Crippen molar-refractivity contribution < 1.29 is 0 Å². The fourth-order valence-corrected chi connectivity index (χ4v) is 1.38. The highest BCUT2D eigenvalue weighted by Crippen LogP contribution is 2.22. The molecule has 0 bridgehead atoms. The van der Waals surface area contributed by atoms with Crippen molar-refractivity contribution in [1.29, 1.82) is 5.26 Å². The Morgan fingerprint density at radius 1 is 1.27 bits per heavy atom. The molecule has 0 amide bonds. The predicted molar refractivity (Wildman–Crippen MR) is 63.6 cm³/mol. The lowest BCUT2D eigenvalue weighted by Gasteiger charge is -2.24. The molecule has 0 aliphatic carbocycles. The normalized spacial score (nSPS) is 10.7. The van der Waals surface area contributed by atoms with Crippen molar-refractivity contribution in [1.82, 2.24) is 0 Å².